The Kier molecular flexibility index (Phi) is 14.3. The summed E-state index contributed by atoms with van der Waals surface area (Å²) >= 11 is 1.69. The average Bonchev–Trinajstić information content (AvgIpc) is 3.05. The third-order valence-corrected chi connectivity index (χ3v) is 4.66. The molecule has 1 heterocycles. The van der Waals surface area contributed by atoms with E-state index >= 15 is 0 Å². The molecule has 0 aromatic carbocycles. The fourth-order valence-corrected chi connectivity index (χ4v) is 3.18. The van der Waals surface area contributed by atoms with Crippen LogP contribution >= 0.6 is 35.3 Å². The highest BCUT2D eigenvalue weighted by molar-refractivity contribution is 14.0. The summed E-state index contributed by atoms with van der Waals surface area (Å²) in [6.07, 6.45) is 3.39. The number of guanidine groups is 1. The highest BCUT2D eigenvalue weighted by Crippen LogP contribution is 2.14. The van der Waals surface area contributed by atoms with Gasteiger partial charge in [0.05, 0.1) is 13.2 Å². The molecular weight excluding hydrogens is 477 g/mol. The molecule has 1 unspecified atom stereocenters. The molecule has 0 spiro atoms. The predicted molar refractivity (Wildman–Crippen MR) is 123 cm³/mol. The minimum Gasteiger partial charge on any atom is -0.450 e. The standard InChI is InChI=1S/C18H33N5O2S.HI/c1-6-15-11-20-16(26-15)12-22-17(19-7-2)21-10-14(9-13(4)5)23-18(24)25-8-3;/h11,13-14H,6-10,12H2,1-5H3,(H,23,24)(H2,19,21,22);1H. The number of carbonyl (C=O) groups excluding carboxylic acids is 1. The van der Waals surface area contributed by atoms with Crippen molar-refractivity contribution in [2.75, 3.05) is 19.7 Å². The first-order valence-electron chi connectivity index (χ1n) is 9.37. The van der Waals surface area contributed by atoms with E-state index in [9.17, 15) is 4.79 Å². The molecule has 0 radical (unpaired) electrons. The molecule has 3 N–H and O–H groups in total. The van der Waals surface area contributed by atoms with Crippen LogP contribution in [0.2, 0.25) is 0 Å². The van der Waals surface area contributed by atoms with Crippen LogP contribution in [-0.2, 0) is 17.7 Å². The molecule has 27 heavy (non-hydrogen) atoms. The van der Waals surface area contributed by atoms with Gasteiger partial charge >= 0.3 is 6.09 Å². The van der Waals surface area contributed by atoms with Gasteiger partial charge in [-0.25, -0.2) is 14.8 Å². The van der Waals surface area contributed by atoms with Crippen LogP contribution in [-0.4, -0.2) is 42.8 Å². The van der Waals surface area contributed by atoms with Crippen LogP contribution in [0.4, 0.5) is 4.79 Å². The van der Waals surface area contributed by atoms with Crippen molar-refractivity contribution < 1.29 is 9.53 Å². The number of rotatable bonds is 10. The lowest BCUT2D eigenvalue weighted by Gasteiger charge is -2.22. The van der Waals surface area contributed by atoms with E-state index in [2.05, 4.69) is 46.7 Å². The number of hydrogen-bond acceptors (Lipinski definition) is 5. The van der Waals surface area contributed by atoms with E-state index in [0.717, 1.165) is 30.4 Å². The maximum atomic E-state index is 11.7. The first-order chi connectivity index (χ1) is 12.5. The summed E-state index contributed by atoms with van der Waals surface area (Å²) in [5, 5.41) is 10.5. The van der Waals surface area contributed by atoms with Crippen molar-refractivity contribution in [2.24, 2.45) is 10.9 Å². The van der Waals surface area contributed by atoms with Crippen molar-refractivity contribution in [1.29, 1.82) is 0 Å². The molecule has 0 aliphatic rings. The van der Waals surface area contributed by atoms with Crippen molar-refractivity contribution in [3.05, 3.63) is 16.1 Å². The molecule has 156 valence electrons. The summed E-state index contributed by atoms with van der Waals surface area (Å²) in [4.78, 5) is 22.0. The Morgan fingerprint density at radius 1 is 1.30 bits per heavy atom. The van der Waals surface area contributed by atoms with Gasteiger partial charge < -0.3 is 20.7 Å². The summed E-state index contributed by atoms with van der Waals surface area (Å²) < 4.78 is 5.00. The van der Waals surface area contributed by atoms with E-state index in [1.54, 1.807) is 18.3 Å². The van der Waals surface area contributed by atoms with E-state index in [4.69, 9.17) is 4.74 Å². The summed E-state index contributed by atoms with van der Waals surface area (Å²) in [7, 11) is 0. The van der Waals surface area contributed by atoms with Gasteiger partial charge in [-0.05, 0) is 32.6 Å². The van der Waals surface area contributed by atoms with E-state index in [1.807, 2.05) is 13.1 Å². The van der Waals surface area contributed by atoms with E-state index < -0.39 is 0 Å². The van der Waals surface area contributed by atoms with Gasteiger partial charge in [-0.3, -0.25) is 0 Å². The lowest BCUT2D eigenvalue weighted by molar-refractivity contribution is 0.146. The predicted octanol–water partition coefficient (Wildman–Crippen LogP) is 3.54. The number of aryl methyl sites for hydroxylation is 1. The molecule has 0 bridgehead atoms. The molecule has 0 aliphatic carbocycles. The van der Waals surface area contributed by atoms with E-state index in [1.165, 1.54) is 4.88 Å². The van der Waals surface area contributed by atoms with Crippen LogP contribution in [0.1, 0.15) is 50.9 Å². The zero-order valence-electron chi connectivity index (χ0n) is 17.0. The molecule has 1 amide bonds. The number of aromatic nitrogens is 1. The molecule has 0 saturated heterocycles. The number of hydrogen-bond donors (Lipinski definition) is 3. The number of halogens is 1. The zero-order valence-corrected chi connectivity index (χ0v) is 20.1. The van der Waals surface area contributed by atoms with Crippen LogP contribution < -0.4 is 16.0 Å². The third-order valence-electron chi connectivity index (χ3n) is 3.54. The molecule has 1 aromatic rings. The normalized spacial score (nSPS) is 12.3. The summed E-state index contributed by atoms with van der Waals surface area (Å²) in [5.74, 6) is 1.19. The highest BCUT2D eigenvalue weighted by Gasteiger charge is 2.15. The first kappa shape index (κ1) is 25.9. The van der Waals surface area contributed by atoms with Crippen LogP contribution in [0.15, 0.2) is 11.2 Å². The Morgan fingerprint density at radius 3 is 2.59 bits per heavy atom. The van der Waals surface area contributed by atoms with E-state index in [0.29, 0.717) is 25.6 Å². The number of nitrogens with zero attached hydrogens (tertiary/aromatic N) is 2. The van der Waals surface area contributed by atoms with Gasteiger partial charge in [-0.1, -0.05) is 20.8 Å². The second-order valence-corrected chi connectivity index (χ2v) is 7.54. The number of amides is 1. The van der Waals surface area contributed by atoms with Crippen molar-refractivity contribution >= 4 is 47.4 Å². The van der Waals surface area contributed by atoms with Crippen LogP contribution in [0.3, 0.4) is 0 Å². The maximum Gasteiger partial charge on any atom is 0.407 e. The fraction of sp³-hybridized carbons (Fsp3) is 0.722. The Balaban J connectivity index is 0.00000676. The number of thiazole rings is 1. The molecule has 1 atom stereocenters. The number of aliphatic imine (C=N–C) groups is 1. The zero-order chi connectivity index (χ0) is 19.4. The lowest BCUT2D eigenvalue weighted by atomic mass is 10.0. The van der Waals surface area contributed by atoms with E-state index in [-0.39, 0.29) is 36.1 Å². The molecular formula is C18H34IN5O2S. The number of ether oxygens (including phenoxy) is 1. The van der Waals surface area contributed by atoms with Gasteiger partial charge in [0, 0.05) is 30.2 Å². The lowest BCUT2D eigenvalue weighted by Crippen LogP contribution is -2.47. The molecule has 1 aromatic heterocycles. The first-order valence-corrected chi connectivity index (χ1v) is 10.2. The van der Waals surface area contributed by atoms with Crippen molar-refractivity contribution in [3.63, 3.8) is 0 Å². The molecule has 0 fully saturated rings. The van der Waals surface area contributed by atoms with Gasteiger partial charge in [-0.15, -0.1) is 35.3 Å². The van der Waals surface area contributed by atoms with Crippen molar-refractivity contribution in [2.45, 2.75) is 60.0 Å². The Morgan fingerprint density at radius 2 is 2.04 bits per heavy atom. The monoisotopic (exact) mass is 511 g/mol. The van der Waals surface area contributed by atoms with Gasteiger partial charge in [-0.2, -0.15) is 0 Å². The fourth-order valence-electron chi connectivity index (χ4n) is 2.39. The van der Waals surface area contributed by atoms with Crippen LogP contribution in [0.5, 0.6) is 0 Å². The van der Waals surface area contributed by atoms with Crippen molar-refractivity contribution in [3.8, 4) is 0 Å². The second kappa shape index (κ2) is 14.9. The van der Waals surface area contributed by atoms with Gasteiger partial charge in [0.2, 0.25) is 0 Å². The van der Waals surface area contributed by atoms with Gasteiger partial charge in [0.15, 0.2) is 5.96 Å². The molecule has 0 aliphatic heterocycles. The SMILES string of the molecule is CCNC(=NCc1ncc(CC)s1)NCC(CC(C)C)NC(=O)OCC.I. The maximum absolute atomic E-state index is 11.7. The third kappa shape index (κ3) is 11.4. The number of carbonyl (C=O) groups is 1. The molecule has 7 nitrogen and oxygen atoms in total. The van der Waals surface area contributed by atoms with Crippen LogP contribution in [0.25, 0.3) is 0 Å². The summed E-state index contributed by atoms with van der Waals surface area (Å²) in [5.41, 5.74) is 0. The Labute approximate surface area is 184 Å². The smallest absolute Gasteiger partial charge is 0.407 e. The molecule has 1 rings (SSSR count). The summed E-state index contributed by atoms with van der Waals surface area (Å²) in [6, 6.07) is -0.0236. The summed E-state index contributed by atoms with van der Waals surface area (Å²) in [6.45, 7) is 12.5. The van der Waals surface area contributed by atoms with Gasteiger partial charge in [0.25, 0.3) is 0 Å². The Hall–Kier alpha value is -1.10. The minimum absolute atomic E-state index is 0. The topological polar surface area (TPSA) is 87.6 Å². The number of nitrogens with one attached hydrogen (secondary N) is 3. The van der Waals surface area contributed by atoms with Crippen LogP contribution in [0, 0.1) is 5.92 Å². The average molecular weight is 511 g/mol. The second-order valence-electron chi connectivity index (χ2n) is 6.34. The van der Waals surface area contributed by atoms with Gasteiger partial charge in [0.1, 0.15) is 5.01 Å². The largest absolute Gasteiger partial charge is 0.450 e. The molecule has 9 heteroatoms. The van der Waals surface area contributed by atoms with Crippen molar-refractivity contribution in [1.82, 2.24) is 20.9 Å². The Bertz CT molecular complexity index is 566. The minimum atomic E-state index is -0.378. The highest BCUT2D eigenvalue weighted by atomic mass is 127. The molecule has 0 saturated carbocycles. The number of alkyl carbamates (subject to hydrolysis) is 1. The quantitative estimate of drug-likeness (QED) is 0.254.